The zero-order chi connectivity index (χ0) is 18.7. The van der Waals surface area contributed by atoms with Crippen molar-refractivity contribution in [3.63, 3.8) is 0 Å². The van der Waals surface area contributed by atoms with Crippen LogP contribution < -0.4 is 0 Å². The fraction of sp³-hybridized carbons (Fsp3) is 0.200. The zero-order valence-electron chi connectivity index (χ0n) is 14.5. The Morgan fingerprint density at radius 3 is 2.54 bits per heavy atom. The van der Waals surface area contributed by atoms with E-state index in [1.165, 1.54) is 19.2 Å². The number of methoxy groups -OCH3 is 2. The highest BCUT2D eigenvalue weighted by Gasteiger charge is 2.19. The van der Waals surface area contributed by atoms with Gasteiger partial charge in [0, 0.05) is 18.7 Å². The summed E-state index contributed by atoms with van der Waals surface area (Å²) in [7, 11) is 2.80. The SMILES string of the molecule is COCc1cc(C(=O)OC)c(O)c2ncc(Cc3ccc(F)cc3)cc12. The summed E-state index contributed by atoms with van der Waals surface area (Å²) in [4.78, 5) is 16.2. The molecule has 0 aliphatic rings. The number of hydrogen-bond donors (Lipinski definition) is 1. The number of carbonyl (C=O) groups excluding carboxylic acids is 1. The van der Waals surface area contributed by atoms with Crippen molar-refractivity contribution in [1.29, 1.82) is 0 Å². The van der Waals surface area contributed by atoms with Crippen LogP contribution >= 0.6 is 0 Å². The van der Waals surface area contributed by atoms with Gasteiger partial charge in [-0.3, -0.25) is 4.98 Å². The number of fused-ring (bicyclic) bond motifs is 1. The Morgan fingerprint density at radius 2 is 1.88 bits per heavy atom. The van der Waals surface area contributed by atoms with Crippen LogP contribution in [0.1, 0.15) is 27.0 Å². The van der Waals surface area contributed by atoms with E-state index >= 15 is 0 Å². The molecule has 2 aromatic carbocycles. The van der Waals surface area contributed by atoms with Crippen molar-refractivity contribution in [2.75, 3.05) is 14.2 Å². The third kappa shape index (κ3) is 3.50. The summed E-state index contributed by atoms with van der Waals surface area (Å²) < 4.78 is 23.0. The number of aromatic nitrogens is 1. The molecule has 0 radical (unpaired) electrons. The summed E-state index contributed by atoms with van der Waals surface area (Å²) in [6, 6.07) is 9.70. The molecule has 0 saturated carbocycles. The summed E-state index contributed by atoms with van der Waals surface area (Å²) in [5, 5.41) is 11.1. The molecule has 134 valence electrons. The average Bonchev–Trinajstić information content (AvgIpc) is 2.65. The molecule has 0 amide bonds. The Balaban J connectivity index is 2.08. The minimum Gasteiger partial charge on any atom is -0.505 e. The van der Waals surface area contributed by atoms with E-state index in [0.29, 0.717) is 22.9 Å². The Labute approximate surface area is 150 Å². The number of pyridine rings is 1. The molecule has 1 heterocycles. The van der Waals surface area contributed by atoms with Crippen LogP contribution in [0.15, 0.2) is 42.6 Å². The lowest BCUT2D eigenvalue weighted by Gasteiger charge is -2.12. The smallest absolute Gasteiger partial charge is 0.341 e. The molecule has 0 unspecified atom stereocenters. The first-order chi connectivity index (χ1) is 12.5. The van der Waals surface area contributed by atoms with Crippen molar-refractivity contribution in [3.05, 3.63) is 70.7 Å². The predicted octanol–water partition coefficient (Wildman–Crippen LogP) is 3.60. The summed E-state index contributed by atoms with van der Waals surface area (Å²) in [5.74, 6) is -1.15. The normalized spacial score (nSPS) is 10.9. The Bertz CT molecular complexity index is 954. The van der Waals surface area contributed by atoms with Crippen molar-refractivity contribution in [1.82, 2.24) is 4.98 Å². The lowest BCUT2D eigenvalue weighted by molar-refractivity contribution is 0.0597. The number of ether oxygens (including phenoxy) is 2. The molecule has 0 aliphatic heterocycles. The second kappa shape index (κ2) is 7.49. The van der Waals surface area contributed by atoms with Gasteiger partial charge in [0.25, 0.3) is 0 Å². The Hall–Kier alpha value is -2.99. The fourth-order valence-corrected chi connectivity index (χ4v) is 2.86. The maximum absolute atomic E-state index is 13.1. The van der Waals surface area contributed by atoms with E-state index in [9.17, 15) is 14.3 Å². The Kier molecular flexibility index (Phi) is 5.14. The minimum absolute atomic E-state index is 0.0471. The largest absolute Gasteiger partial charge is 0.505 e. The molecule has 0 spiro atoms. The van der Waals surface area contributed by atoms with Gasteiger partial charge in [-0.25, -0.2) is 9.18 Å². The van der Waals surface area contributed by atoms with Gasteiger partial charge >= 0.3 is 5.97 Å². The standard InChI is InChI=1S/C20H18FNO4/c1-25-11-14-9-17(20(24)26-2)19(23)18-16(14)8-13(10-22-18)7-12-3-5-15(21)6-4-12/h3-6,8-10,23H,7,11H2,1-2H3. The van der Waals surface area contributed by atoms with Crippen LogP contribution in [0.4, 0.5) is 4.39 Å². The van der Waals surface area contributed by atoms with Crippen LogP contribution in [0, 0.1) is 5.82 Å². The predicted molar refractivity (Wildman–Crippen MR) is 94.7 cm³/mol. The van der Waals surface area contributed by atoms with Crippen LogP contribution in [0.2, 0.25) is 0 Å². The molecule has 1 N–H and O–H groups in total. The van der Waals surface area contributed by atoms with Crippen LogP contribution in [-0.2, 0) is 22.5 Å². The summed E-state index contributed by atoms with van der Waals surface area (Å²) in [6.45, 7) is 0.252. The maximum atomic E-state index is 13.1. The molecule has 0 saturated heterocycles. The first-order valence-corrected chi connectivity index (χ1v) is 7.98. The molecular weight excluding hydrogens is 337 g/mol. The van der Waals surface area contributed by atoms with Crippen molar-refractivity contribution in [2.45, 2.75) is 13.0 Å². The number of rotatable bonds is 5. The minimum atomic E-state index is -0.640. The second-order valence-corrected chi connectivity index (χ2v) is 5.90. The first-order valence-electron chi connectivity index (χ1n) is 7.98. The van der Waals surface area contributed by atoms with Gasteiger partial charge in [0.2, 0.25) is 0 Å². The molecule has 1 aromatic heterocycles. The molecular formula is C20H18FNO4. The van der Waals surface area contributed by atoms with Crippen molar-refractivity contribution >= 4 is 16.9 Å². The van der Waals surface area contributed by atoms with E-state index in [-0.39, 0.29) is 23.7 Å². The van der Waals surface area contributed by atoms with Crippen LogP contribution in [-0.4, -0.2) is 30.3 Å². The quantitative estimate of drug-likeness (QED) is 0.708. The number of halogens is 1. The van der Waals surface area contributed by atoms with Gasteiger partial charge in [0.1, 0.15) is 16.9 Å². The van der Waals surface area contributed by atoms with Crippen LogP contribution in [0.25, 0.3) is 10.9 Å². The highest BCUT2D eigenvalue weighted by atomic mass is 19.1. The summed E-state index contributed by atoms with van der Waals surface area (Å²) in [6.07, 6.45) is 2.19. The summed E-state index contributed by atoms with van der Waals surface area (Å²) >= 11 is 0. The third-order valence-electron chi connectivity index (χ3n) is 4.11. The van der Waals surface area contributed by atoms with Gasteiger partial charge in [-0.1, -0.05) is 12.1 Å². The molecule has 0 bridgehead atoms. The van der Waals surface area contributed by atoms with Crippen LogP contribution in [0.5, 0.6) is 5.75 Å². The highest BCUT2D eigenvalue weighted by molar-refractivity contribution is 6.01. The van der Waals surface area contributed by atoms with Gasteiger partial charge in [0.15, 0.2) is 5.75 Å². The summed E-state index contributed by atoms with van der Waals surface area (Å²) in [5.41, 5.74) is 2.91. The molecule has 0 fully saturated rings. The molecule has 3 rings (SSSR count). The van der Waals surface area contributed by atoms with E-state index in [4.69, 9.17) is 9.47 Å². The maximum Gasteiger partial charge on any atom is 0.341 e. The molecule has 26 heavy (non-hydrogen) atoms. The number of phenolic OH excluding ortho intramolecular Hbond substituents is 1. The van der Waals surface area contributed by atoms with Crippen molar-refractivity contribution in [3.8, 4) is 5.75 Å². The lowest BCUT2D eigenvalue weighted by Crippen LogP contribution is -2.05. The van der Waals surface area contributed by atoms with E-state index in [1.54, 1.807) is 31.5 Å². The molecule has 0 aliphatic carbocycles. The highest BCUT2D eigenvalue weighted by Crippen LogP contribution is 2.32. The number of hydrogen-bond acceptors (Lipinski definition) is 5. The van der Waals surface area contributed by atoms with Gasteiger partial charge in [-0.05, 0) is 47.4 Å². The number of phenols is 1. The average molecular weight is 355 g/mol. The van der Waals surface area contributed by atoms with Crippen LogP contribution in [0.3, 0.4) is 0 Å². The molecule has 3 aromatic rings. The third-order valence-corrected chi connectivity index (χ3v) is 4.11. The zero-order valence-corrected chi connectivity index (χ0v) is 14.5. The lowest BCUT2D eigenvalue weighted by atomic mass is 9.99. The van der Waals surface area contributed by atoms with Crippen molar-refractivity contribution < 1.29 is 23.8 Å². The number of carbonyl (C=O) groups is 1. The van der Waals surface area contributed by atoms with Gasteiger partial charge in [-0.2, -0.15) is 0 Å². The second-order valence-electron chi connectivity index (χ2n) is 5.90. The van der Waals surface area contributed by atoms with E-state index in [2.05, 4.69) is 4.98 Å². The number of aromatic hydroxyl groups is 1. The van der Waals surface area contributed by atoms with Gasteiger partial charge < -0.3 is 14.6 Å². The van der Waals surface area contributed by atoms with E-state index in [0.717, 1.165) is 11.1 Å². The van der Waals surface area contributed by atoms with E-state index in [1.807, 2.05) is 6.07 Å². The molecule has 5 nitrogen and oxygen atoms in total. The molecule has 0 atom stereocenters. The Morgan fingerprint density at radius 1 is 1.15 bits per heavy atom. The van der Waals surface area contributed by atoms with E-state index < -0.39 is 5.97 Å². The van der Waals surface area contributed by atoms with Crippen molar-refractivity contribution in [2.24, 2.45) is 0 Å². The molecule has 6 heteroatoms. The number of esters is 1. The van der Waals surface area contributed by atoms with Gasteiger partial charge in [0.05, 0.1) is 13.7 Å². The fourth-order valence-electron chi connectivity index (χ4n) is 2.86. The number of nitrogens with zero attached hydrogens (tertiary/aromatic N) is 1. The van der Waals surface area contributed by atoms with Gasteiger partial charge in [-0.15, -0.1) is 0 Å². The topological polar surface area (TPSA) is 68.7 Å². The monoisotopic (exact) mass is 355 g/mol. The number of benzene rings is 2. The first kappa shape index (κ1) is 17.8.